The van der Waals surface area contributed by atoms with Gasteiger partial charge in [-0.1, -0.05) is 17.9 Å². The lowest BCUT2D eigenvalue weighted by Crippen LogP contribution is -2.50. The Morgan fingerprint density at radius 1 is 1.18 bits per heavy atom. The third-order valence-electron chi connectivity index (χ3n) is 7.42. The van der Waals surface area contributed by atoms with Crippen molar-refractivity contribution in [3.05, 3.63) is 11.6 Å². The van der Waals surface area contributed by atoms with E-state index in [4.69, 9.17) is 6.42 Å². The maximum Gasteiger partial charge on any atom is 0.155 e. The molecule has 2 nitrogen and oxygen atoms in total. The van der Waals surface area contributed by atoms with Crippen LogP contribution in [0.15, 0.2) is 11.6 Å². The smallest absolute Gasteiger partial charge is 0.155 e. The summed E-state index contributed by atoms with van der Waals surface area (Å²) in [7, 11) is 0. The minimum atomic E-state index is -0.564. The Morgan fingerprint density at radius 3 is 2.86 bits per heavy atom. The minimum absolute atomic E-state index is 0.00161. The molecule has 3 fully saturated rings. The third-order valence-corrected chi connectivity index (χ3v) is 7.42. The zero-order valence-electron chi connectivity index (χ0n) is 13.3. The zero-order valence-corrected chi connectivity index (χ0v) is 13.3. The molecule has 0 aliphatic heterocycles. The van der Waals surface area contributed by atoms with Gasteiger partial charge in [0.2, 0.25) is 0 Å². The zero-order chi connectivity index (χ0) is 15.3. The monoisotopic (exact) mass is 298 g/mol. The first-order valence-electron chi connectivity index (χ1n) is 9.03. The van der Waals surface area contributed by atoms with E-state index in [1.807, 2.05) is 6.08 Å². The molecule has 0 saturated heterocycles. The van der Waals surface area contributed by atoms with Crippen LogP contribution in [0.25, 0.3) is 0 Å². The molecule has 3 saturated carbocycles. The fourth-order valence-corrected chi connectivity index (χ4v) is 6.53. The molecule has 6 atom stereocenters. The molecule has 2 heteroatoms. The molecule has 4 unspecified atom stereocenters. The first-order chi connectivity index (χ1) is 10.7. The van der Waals surface area contributed by atoms with Crippen molar-refractivity contribution in [1.29, 1.82) is 0 Å². The Morgan fingerprint density at radius 2 is 2.05 bits per heavy atom. The van der Waals surface area contributed by atoms with Gasteiger partial charge in [0, 0.05) is 11.8 Å². The average Bonchev–Trinajstić information content (AvgIpc) is 2.98. The number of hydrogen-bond donors (Lipinski definition) is 1. The van der Waals surface area contributed by atoms with E-state index in [0.717, 1.165) is 43.9 Å². The summed E-state index contributed by atoms with van der Waals surface area (Å²) in [6.07, 6.45) is 16.9. The molecule has 0 aromatic rings. The number of fused-ring (bicyclic) bond motifs is 5. The second kappa shape index (κ2) is 5.24. The average molecular weight is 298 g/mol. The second-order valence-corrected chi connectivity index (χ2v) is 8.04. The van der Waals surface area contributed by atoms with Crippen LogP contribution in [0, 0.1) is 41.4 Å². The number of aliphatic hydroxyl groups is 1. The van der Waals surface area contributed by atoms with Crippen LogP contribution in [-0.4, -0.2) is 17.0 Å². The molecule has 4 rings (SSSR count). The Bertz CT molecular complexity index is 555. The van der Waals surface area contributed by atoms with Gasteiger partial charge in [-0.25, -0.2) is 0 Å². The fraction of sp³-hybridized carbons (Fsp3) is 0.750. The van der Waals surface area contributed by atoms with E-state index in [1.165, 1.54) is 31.3 Å². The van der Waals surface area contributed by atoms with Gasteiger partial charge in [-0.3, -0.25) is 4.79 Å². The Labute approximate surface area is 133 Å². The summed E-state index contributed by atoms with van der Waals surface area (Å²) in [5.41, 5.74) is 1.43. The molecule has 0 aromatic carbocycles. The Hall–Kier alpha value is -1.07. The van der Waals surface area contributed by atoms with Crippen LogP contribution in [0.4, 0.5) is 0 Å². The van der Waals surface area contributed by atoms with Gasteiger partial charge in [0.25, 0.3) is 0 Å². The van der Waals surface area contributed by atoms with Crippen LogP contribution >= 0.6 is 0 Å². The second-order valence-electron chi connectivity index (χ2n) is 8.04. The summed E-state index contributed by atoms with van der Waals surface area (Å²) < 4.78 is 0. The largest absolute Gasteiger partial charge is 0.380 e. The molecule has 0 amide bonds. The van der Waals surface area contributed by atoms with Crippen LogP contribution in [0.3, 0.4) is 0 Å². The molecule has 22 heavy (non-hydrogen) atoms. The number of hydrogen-bond acceptors (Lipinski definition) is 2. The standard InChI is InChI=1S/C20H26O2/c1-2-19(22)20-10-3-4-18(20)17-7-5-13-12-14(21)6-8-15(13)16(17)9-11-20/h1,12,15-19,22H,3-11H2/t15-,16?,17?,18?,19-,20?/m0/s1. The number of terminal acetylenes is 1. The predicted molar refractivity (Wildman–Crippen MR) is 85.9 cm³/mol. The first kappa shape index (κ1) is 14.5. The highest BCUT2D eigenvalue weighted by molar-refractivity contribution is 5.91. The minimum Gasteiger partial charge on any atom is -0.380 e. The summed E-state index contributed by atoms with van der Waals surface area (Å²) in [5, 5.41) is 10.5. The number of carbonyl (C=O) groups excluding carboxylic acids is 1. The van der Waals surface area contributed by atoms with Crippen molar-refractivity contribution in [2.24, 2.45) is 29.1 Å². The maximum atomic E-state index is 11.7. The normalized spacial score (nSPS) is 45.1. The van der Waals surface area contributed by atoms with Gasteiger partial charge in [0.05, 0.1) is 0 Å². The molecule has 4 aliphatic rings. The van der Waals surface area contributed by atoms with Gasteiger partial charge in [-0.15, -0.1) is 6.42 Å². The van der Waals surface area contributed by atoms with E-state index in [-0.39, 0.29) is 5.41 Å². The highest BCUT2D eigenvalue weighted by atomic mass is 16.3. The molecule has 118 valence electrons. The van der Waals surface area contributed by atoms with Crippen molar-refractivity contribution >= 4 is 5.78 Å². The molecule has 0 heterocycles. The summed E-state index contributed by atoms with van der Waals surface area (Å²) in [6.45, 7) is 0. The fourth-order valence-electron chi connectivity index (χ4n) is 6.53. The van der Waals surface area contributed by atoms with Crippen LogP contribution < -0.4 is 0 Å². The number of ketones is 1. The quantitative estimate of drug-likeness (QED) is 0.752. The SMILES string of the molecule is C#C[C@H](O)C12CCCC1C1CCC3=CC(=O)CC[C@@H]3C1CC2. The summed E-state index contributed by atoms with van der Waals surface area (Å²) >= 11 is 0. The molecule has 1 N–H and O–H groups in total. The number of rotatable bonds is 1. The van der Waals surface area contributed by atoms with E-state index in [1.54, 1.807) is 0 Å². The maximum absolute atomic E-state index is 11.7. The van der Waals surface area contributed by atoms with Crippen LogP contribution in [0.1, 0.15) is 57.8 Å². The highest BCUT2D eigenvalue weighted by Gasteiger charge is 2.56. The first-order valence-corrected chi connectivity index (χ1v) is 9.03. The lowest BCUT2D eigenvalue weighted by Gasteiger charge is -2.54. The van der Waals surface area contributed by atoms with Crippen molar-refractivity contribution in [3.63, 3.8) is 0 Å². The van der Waals surface area contributed by atoms with E-state index in [2.05, 4.69) is 5.92 Å². The topological polar surface area (TPSA) is 37.3 Å². The molecule has 4 aliphatic carbocycles. The highest BCUT2D eigenvalue weighted by Crippen LogP contribution is 2.62. The predicted octanol–water partition coefficient (Wildman–Crippen LogP) is 3.49. The van der Waals surface area contributed by atoms with Gasteiger partial charge >= 0.3 is 0 Å². The molecule has 0 bridgehead atoms. The third kappa shape index (κ3) is 1.95. The van der Waals surface area contributed by atoms with Crippen molar-refractivity contribution < 1.29 is 9.90 Å². The Kier molecular flexibility index (Phi) is 3.46. The molecule has 0 radical (unpaired) electrons. The van der Waals surface area contributed by atoms with E-state index >= 15 is 0 Å². The summed E-state index contributed by atoms with van der Waals surface area (Å²) in [5.74, 6) is 5.68. The summed E-state index contributed by atoms with van der Waals surface area (Å²) in [4.78, 5) is 11.7. The van der Waals surface area contributed by atoms with Gasteiger partial charge in [-0.05, 0) is 74.7 Å². The summed E-state index contributed by atoms with van der Waals surface area (Å²) in [6, 6.07) is 0. The molecule has 0 aromatic heterocycles. The van der Waals surface area contributed by atoms with Crippen molar-refractivity contribution in [2.75, 3.05) is 0 Å². The van der Waals surface area contributed by atoms with E-state index in [9.17, 15) is 9.90 Å². The van der Waals surface area contributed by atoms with Crippen LogP contribution in [0.5, 0.6) is 0 Å². The van der Waals surface area contributed by atoms with Crippen LogP contribution in [0.2, 0.25) is 0 Å². The number of aliphatic hydroxyl groups excluding tert-OH is 1. The van der Waals surface area contributed by atoms with E-state index < -0.39 is 6.10 Å². The molecular weight excluding hydrogens is 272 g/mol. The van der Waals surface area contributed by atoms with E-state index in [0.29, 0.717) is 17.6 Å². The van der Waals surface area contributed by atoms with Gasteiger partial charge < -0.3 is 5.11 Å². The Balaban J connectivity index is 1.64. The van der Waals surface area contributed by atoms with Crippen LogP contribution in [-0.2, 0) is 4.79 Å². The van der Waals surface area contributed by atoms with Gasteiger partial charge in [0.1, 0.15) is 6.10 Å². The molecule has 0 spiro atoms. The molecular formula is C20H26O2. The van der Waals surface area contributed by atoms with Crippen molar-refractivity contribution in [3.8, 4) is 12.3 Å². The van der Waals surface area contributed by atoms with Gasteiger partial charge in [-0.2, -0.15) is 0 Å². The number of carbonyl (C=O) groups is 1. The number of allylic oxidation sites excluding steroid dienone is 1. The van der Waals surface area contributed by atoms with Crippen molar-refractivity contribution in [2.45, 2.75) is 63.9 Å². The van der Waals surface area contributed by atoms with Crippen molar-refractivity contribution in [1.82, 2.24) is 0 Å². The lowest BCUT2D eigenvalue weighted by atomic mass is 9.51. The lowest BCUT2D eigenvalue weighted by molar-refractivity contribution is -0.116. The van der Waals surface area contributed by atoms with Gasteiger partial charge in [0.15, 0.2) is 5.78 Å².